The first-order valence-electron chi connectivity index (χ1n) is 9.31. The summed E-state index contributed by atoms with van der Waals surface area (Å²) in [6.45, 7) is 6.48. The van der Waals surface area contributed by atoms with Gasteiger partial charge in [-0.25, -0.2) is 0 Å². The molecule has 0 spiro atoms. The molecule has 0 aliphatic carbocycles. The standard InChI is InChI=1S/C21H21N5O2S/c1-4-27-18-7-5-17(6-8-18)26-20(16-9-11-22-12-10-16)23-24-21(26)29-13-19-14(2)25-28-15(19)3/h5-12H,4,13H2,1-3H3. The Labute approximate surface area is 173 Å². The third-order valence-corrected chi connectivity index (χ3v) is 5.46. The monoisotopic (exact) mass is 407 g/mol. The van der Waals surface area contributed by atoms with Crippen LogP contribution in [0.4, 0.5) is 0 Å². The molecular weight excluding hydrogens is 386 g/mol. The highest BCUT2D eigenvalue weighted by Gasteiger charge is 2.18. The highest BCUT2D eigenvalue weighted by molar-refractivity contribution is 7.98. The van der Waals surface area contributed by atoms with Gasteiger partial charge in [0.2, 0.25) is 0 Å². The van der Waals surface area contributed by atoms with Crippen molar-refractivity contribution in [3.05, 3.63) is 65.8 Å². The average Bonchev–Trinajstić information content (AvgIpc) is 3.31. The fourth-order valence-electron chi connectivity index (χ4n) is 2.99. The molecule has 7 nitrogen and oxygen atoms in total. The minimum absolute atomic E-state index is 0.632. The molecule has 4 aromatic rings. The summed E-state index contributed by atoms with van der Waals surface area (Å²) < 4.78 is 12.9. The minimum atomic E-state index is 0.632. The Morgan fingerprint density at radius 2 is 1.79 bits per heavy atom. The first kappa shape index (κ1) is 19.2. The van der Waals surface area contributed by atoms with Crippen LogP contribution in [0, 0.1) is 13.8 Å². The third-order valence-electron chi connectivity index (χ3n) is 4.50. The normalized spacial score (nSPS) is 11.0. The van der Waals surface area contributed by atoms with Crippen LogP contribution in [0.15, 0.2) is 58.5 Å². The number of ether oxygens (including phenoxy) is 1. The van der Waals surface area contributed by atoms with Crippen molar-refractivity contribution in [3.8, 4) is 22.8 Å². The Morgan fingerprint density at radius 1 is 1.03 bits per heavy atom. The van der Waals surface area contributed by atoms with E-state index in [1.54, 1.807) is 24.2 Å². The van der Waals surface area contributed by atoms with E-state index in [1.165, 1.54) is 0 Å². The first-order valence-corrected chi connectivity index (χ1v) is 10.3. The van der Waals surface area contributed by atoms with E-state index in [1.807, 2.05) is 61.7 Å². The summed E-state index contributed by atoms with van der Waals surface area (Å²) in [5.74, 6) is 3.13. The maximum absolute atomic E-state index is 5.57. The van der Waals surface area contributed by atoms with Gasteiger partial charge in [-0.3, -0.25) is 9.55 Å². The Balaban J connectivity index is 1.72. The molecule has 0 atom stereocenters. The fourth-order valence-corrected chi connectivity index (χ4v) is 4.09. The SMILES string of the molecule is CCOc1ccc(-n2c(SCc3c(C)noc3C)nnc2-c2ccncc2)cc1. The van der Waals surface area contributed by atoms with Crippen LogP contribution >= 0.6 is 11.8 Å². The van der Waals surface area contributed by atoms with Crippen LogP contribution in [0.25, 0.3) is 17.1 Å². The molecule has 148 valence electrons. The number of pyridine rings is 1. The van der Waals surface area contributed by atoms with Gasteiger partial charge in [0, 0.05) is 35.0 Å². The van der Waals surface area contributed by atoms with Gasteiger partial charge < -0.3 is 9.26 Å². The van der Waals surface area contributed by atoms with Crippen LogP contribution in [-0.2, 0) is 5.75 Å². The first-order chi connectivity index (χ1) is 14.2. The van der Waals surface area contributed by atoms with Gasteiger partial charge in [0.15, 0.2) is 11.0 Å². The van der Waals surface area contributed by atoms with Gasteiger partial charge in [-0.1, -0.05) is 16.9 Å². The zero-order valence-electron chi connectivity index (χ0n) is 16.5. The second-order valence-electron chi connectivity index (χ2n) is 6.40. The van der Waals surface area contributed by atoms with E-state index < -0.39 is 0 Å². The van der Waals surface area contributed by atoms with Crippen molar-refractivity contribution in [2.75, 3.05) is 6.61 Å². The van der Waals surface area contributed by atoms with Crippen molar-refractivity contribution >= 4 is 11.8 Å². The molecule has 0 saturated carbocycles. The molecule has 1 aromatic carbocycles. The molecule has 8 heteroatoms. The molecule has 3 heterocycles. The largest absolute Gasteiger partial charge is 0.494 e. The van der Waals surface area contributed by atoms with Gasteiger partial charge in [-0.2, -0.15) is 0 Å². The van der Waals surface area contributed by atoms with Crippen LogP contribution in [0.5, 0.6) is 5.75 Å². The lowest BCUT2D eigenvalue weighted by Gasteiger charge is -2.11. The Morgan fingerprint density at radius 3 is 2.45 bits per heavy atom. The molecule has 29 heavy (non-hydrogen) atoms. The number of hydrogen-bond acceptors (Lipinski definition) is 7. The van der Waals surface area contributed by atoms with Crippen molar-refractivity contribution in [1.82, 2.24) is 24.9 Å². The Kier molecular flexibility index (Phi) is 5.62. The molecule has 0 amide bonds. The molecule has 0 unspecified atom stereocenters. The second-order valence-corrected chi connectivity index (χ2v) is 7.34. The summed E-state index contributed by atoms with van der Waals surface area (Å²) in [6, 6.07) is 11.8. The zero-order valence-corrected chi connectivity index (χ0v) is 17.3. The molecular formula is C21H21N5O2S. The van der Waals surface area contributed by atoms with E-state index in [2.05, 4.69) is 20.3 Å². The lowest BCUT2D eigenvalue weighted by molar-refractivity contribution is 0.340. The lowest BCUT2D eigenvalue weighted by Crippen LogP contribution is -2.00. The summed E-state index contributed by atoms with van der Waals surface area (Å²) in [5, 5.41) is 13.7. The van der Waals surface area contributed by atoms with Gasteiger partial charge in [0.05, 0.1) is 12.3 Å². The molecule has 4 rings (SSSR count). The van der Waals surface area contributed by atoms with Gasteiger partial charge in [-0.15, -0.1) is 10.2 Å². The summed E-state index contributed by atoms with van der Waals surface area (Å²) in [4.78, 5) is 4.11. The van der Waals surface area contributed by atoms with Crippen molar-refractivity contribution in [1.29, 1.82) is 0 Å². The molecule has 0 N–H and O–H groups in total. The van der Waals surface area contributed by atoms with E-state index in [4.69, 9.17) is 9.26 Å². The number of nitrogens with zero attached hydrogens (tertiary/aromatic N) is 5. The van der Waals surface area contributed by atoms with Gasteiger partial charge in [0.1, 0.15) is 11.5 Å². The maximum Gasteiger partial charge on any atom is 0.196 e. The highest BCUT2D eigenvalue weighted by atomic mass is 32.2. The molecule has 3 aromatic heterocycles. The maximum atomic E-state index is 5.57. The lowest BCUT2D eigenvalue weighted by atomic mass is 10.2. The minimum Gasteiger partial charge on any atom is -0.494 e. The average molecular weight is 407 g/mol. The van der Waals surface area contributed by atoms with Crippen LogP contribution in [-0.4, -0.2) is 31.5 Å². The molecule has 0 bridgehead atoms. The summed E-state index contributed by atoms with van der Waals surface area (Å²) in [6.07, 6.45) is 3.51. The van der Waals surface area contributed by atoms with Gasteiger partial charge in [0.25, 0.3) is 0 Å². The van der Waals surface area contributed by atoms with Crippen LogP contribution in [0.1, 0.15) is 23.9 Å². The van der Waals surface area contributed by atoms with Gasteiger partial charge >= 0.3 is 0 Å². The van der Waals surface area contributed by atoms with Crippen LogP contribution in [0.3, 0.4) is 0 Å². The second kappa shape index (κ2) is 8.48. The van der Waals surface area contributed by atoms with E-state index in [9.17, 15) is 0 Å². The van der Waals surface area contributed by atoms with Crippen molar-refractivity contribution in [2.45, 2.75) is 31.7 Å². The number of rotatable bonds is 7. The summed E-state index contributed by atoms with van der Waals surface area (Å²) in [5.41, 5.74) is 3.90. The smallest absolute Gasteiger partial charge is 0.196 e. The molecule has 0 saturated heterocycles. The van der Waals surface area contributed by atoms with Crippen molar-refractivity contribution in [3.63, 3.8) is 0 Å². The predicted molar refractivity (Wildman–Crippen MR) is 111 cm³/mol. The zero-order chi connectivity index (χ0) is 20.2. The van der Waals surface area contributed by atoms with E-state index in [0.29, 0.717) is 12.4 Å². The number of thioether (sulfide) groups is 1. The number of aromatic nitrogens is 5. The number of benzene rings is 1. The van der Waals surface area contributed by atoms with Gasteiger partial charge in [-0.05, 0) is 57.2 Å². The van der Waals surface area contributed by atoms with Crippen LogP contribution < -0.4 is 4.74 Å². The van der Waals surface area contributed by atoms with Crippen molar-refractivity contribution < 1.29 is 9.26 Å². The molecule has 0 aliphatic heterocycles. The van der Waals surface area contributed by atoms with Crippen molar-refractivity contribution in [2.24, 2.45) is 0 Å². The third kappa shape index (κ3) is 4.02. The molecule has 0 fully saturated rings. The highest BCUT2D eigenvalue weighted by Crippen LogP contribution is 2.31. The number of aryl methyl sites for hydroxylation is 2. The Hall–Kier alpha value is -3.13. The van der Waals surface area contributed by atoms with E-state index in [-0.39, 0.29) is 0 Å². The van der Waals surface area contributed by atoms with Crippen LogP contribution in [0.2, 0.25) is 0 Å². The quantitative estimate of drug-likeness (QED) is 0.413. The summed E-state index contributed by atoms with van der Waals surface area (Å²) in [7, 11) is 0. The number of hydrogen-bond donors (Lipinski definition) is 0. The topological polar surface area (TPSA) is 78.9 Å². The van der Waals surface area contributed by atoms with E-state index in [0.717, 1.165) is 45.0 Å². The molecule has 0 radical (unpaired) electrons. The van der Waals surface area contributed by atoms with E-state index >= 15 is 0 Å². The molecule has 0 aliphatic rings. The summed E-state index contributed by atoms with van der Waals surface area (Å²) >= 11 is 1.60. The predicted octanol–water partition coefficient (Wildman–Crippen LogP) is 4.63. The Bertz CT molecular complexity index is 1070. The fraction of sp³-hybridized carbons (Fsp3) is 0.238.